The maximum absolute atomic E-state index is 12.3. The second-order valence-electron chi connectivity index (χ2n) is 7.02. The largest absolute Gasteiger partial charge is 0.379 e. The molecule has 7 nitrogen and oxygen atoms in total. The van der Waals surface area contributed by atoms with Crippen molar-refractivity contribution >= 4 is 12.0 Å². The van der Waals surface area contributed by atoms with Crippen LogP contribution in [0.15, 0.2) is 67.0 Å². The first kappa shape index (κ1) is 20.0. The third-order valence-corrected chi connectivity index (χ3v) is 4.93. The van der Waals surface area contributed by atoms with E-state index in [1.165, 1.54) is 0 Å². The number of nitrogens with one attached hydrogen (secondary N) is 1. The summed E-state index contributed by atoms with van der Waals surface area (Å²) in [4.78, 5) is 18.8. The molecule has 1 saturated heterocycles. The number of rotatable bonds is 7. The smallest absolute Gasteiger partial charge is 0.244 e. The zero-order valence-electron chi connectivity index (χ0n) is 16.8. The molecule has 0 atom stereocenters. The summed E-state index contributed by atoms with van der Waals surface area (Å²) in [6.07, 6.45) is 6.82. The van der Waals surface area contributed by atoms with Crippen LogP contribution in [0.3, 0.4) is 0 Å². The molecule has 1 aliphatic heterocycles. The molecule has 1 aromatic carbocycles. The van der Waals surface area contributed by atoms with Gasteiger partial charge in [0.15, 0.2) is 0 Å². The molecular weight excluding hydrogens is 378 g/mol. The number of hydrogen-bond acceptors (Lipinski definition) is 5. The normalized spacial score (nSPS) is 14.8. The summed E-state index contributed by atoms with van der Waals surface area (Å²) in [6.45, 7) is 4.79. The number of nitrogens with zero attached hydrogens (tertiary/aromatic N) is 4. The van der Waals surface area contributed by atoms with Crippen LogP contribution in [0.2, 0.25) is 0 Å². The molecule has 30 heavy (non-hydrogen) atoms. The first-order valence-corrected chi connectivity index (χ1v) is 10.1. The Morgan fingerprint density at radius 3 is 2.73 bits per heavy atom. The second kappa shape index (κ2) is 9.96. The summed E-state index contributed by atoms with van der Waals surface area (Å²) in [7, 11) is 0. The molecule has 0 bridgehead atoms. The number of morpholine rings is 1. The topological polar surface area (TPSA) is 72.3 Å². The van der Waals surface area contributed by atoms with E-state index in [0.717, 1.165) is 55.5 Å². The Morgan fingerprint density at radius 1 is 1.13 bits per heavy atom. The molecule has 3 heterocycles. The fourth-order valence-electron chi connectivity index (χ4n) is 3.33. The third kappa shape index (κ3) is 5.20. The lowest BCUT2D eigenvalue weighted by Gasteiger charge is -2.26. The first-order chi connectivity index (χ1) is 14.8. The summed E-state index contributed by atoms with van der Waals surface area (Å²) in [5, 5.41) is 7.67. The Labute approximate surface area is 176 Å². The summed E-state index contributed by atoms with van der Waals surface area (Å²) < 4.78 is 7.14. The SMILES string of the molecule is O=C(/C=C/c1cc(-c2ccccc2)nn1-c1cccnc1)NCCN1CCOCC1. The lowest BCUT2D eigenvalue weighted by molar-refractivity contribution is -0.116. The summed E-state index contributed by atoms with van der Waals surface area (Å²) in [5.74, 6) is -0.122. The van der Waals surface area contributed by atoms with E-state index in [1.807, 2.05) is 48.5 Å². The molecule has 1 N–H and O–H groups in total. The number of ether oxygens (including phenoxy) is 1. The molecular formula is C23H25N5O2. The number of pyridine rings is 1. The van der Waals surface area contributed by atoms with E-state index in [-0.39, 0.29) is 5.91 Å². The molecule has 0 radical (unpaired) electrons. The van der Waals surface area contributed by atoms with Crippen molar-refractivity contribution in [2.45, 2.75) is 0 Å². The minimum absolute atomic E-state index is 0.122. The van der Waals surface area contributed by atoms with Gasteiger partial charge in [0.1, 0.15) is 0 Å². The van der Waals surface area contributed by atoms with Crippen molar-refractivity contribution in [1.29, 1.82) is 0 Å². The quantitative estimate of drug-likeness (QED) is 0.614. The van der Waals surface area contributed by atoms with Crippen LogP contribution in [0, 0.1) is 0 Å². The standard InChI is InChI=1S/C23H25N5O2/c29-23(25-11-12-27-13-15-30-16-14-27)9-8-20-17-22(19-5-2-1-3-6-19)26-28(20)21-7-4-10-24-18-21/h1-10,17-18H,11-16H2,(H,25,29)/b9-8+. The summed E-state index contributed by atoms with van der Waals surface area (Å²) in [5.41, 5.74) is 3.51. The minimum atomic E-state index is -0.122. The van der Waals surface area contributed by atoms with Crippen LogP contribution in [-0.4, -0.2) is 65.0 Å². The monoisotopic (exact) mass is 403 g/mol. The third-order valence-electron chi connectivity index (χ3n) is 4.93. The van der Waals surface area contributed by atoms with Crippen LogP contribution >= 0.6 is 0 Å². The Hall–Kier alpha value is -3.29. The fourth-order valence-corrected chi connectivity index (χ4v) is 3.33. The van der Waals surface area contributed by atoms with E-state index < -0.39 is 0 Å². The molecule has 1 fully saturated rings. The van der Waals surface area contributed by atoms with Crippen LogP contribution in [0.4, 0.5) is 0 Å². The van der Waals surface area contributed by atoms with Crippen molar-refractivity contribution in [2.24, 2.45) is 0 Å². The van der Waals surface area contributed by atoms with Gasteiger partial charge in [-0.1, -0.05) is 30.3 Å². The average Bonchev–Trinajstić information content (AvgIpc) is 3.24. The van der Waals surface area contributed by atoms with E-state index in [0.29, 0.717) is 6.54 Å². The summed E-state index contributed by atoms with van der Waals surface area (Å²) >= 11 is 0. The maximum Gasteiger partial charge on any atom is 0.244 e. The van der Waals surface area contributed by atoms with Gasteiger partial charge in [0, 0.05) is 44.0 Å². The molecule has 1 amide bonds. The number of carbonyl (C=O) groups is 1. The van der Waals surface area contributed by atoms with Crippen LogP contribution in [-0.2, 0) is 9.53 Å². The van der Waals surface area contributed by atoms with E-state index in [1.54, 1.807) is 29.2 Å². The Morgan fingerprint density at radius 2 is 1.97 bits per heavy atom. The highest BCUT2D eigenvalue weighted by atomic mass is 16.5. The molecule has 0 aliphatic carbocycles. The highest BCUT2D eigenvalue weighted by Crippen LogP contribution is 2.22. The predicted octanol–water partition coefficient (Wildman–Crippen LogP) is 2.40. The lowest BCUT2D eigenvalue weighted by Crippen LogP contribution is -2.41. The van der Waals surface area contributed by atoms with Gasteiger partial charge in [-0.2, -0.15) is 5.10 Å². The zero-order chi connectivity index (χ0) is 20.6. The van der Waals surface area contributed by atoms with E-state index in [9.17, 15) is 4.79 Å². The molecule has 0 saturated carbocycles. The van der Waals surface area contributed by atoms with E-state index in [2.05, 4.69) is 15.2 Å². The van der Waals surface area contributed by atoms with Crippen molar-refractivity contribution < 1.29 is 9.53 Å². The van der Waals surface area contributed by atoms with Crippen LogP contribution in [0.25, 0.3) is 23.0 Å². The molecule has 3 aromatic rings. The van der Waals surface area contributed by atoms with Gasteiger partial charge in [0.2, 0.25) is 5.91 Å². The Bertz CT molecular complexity index is 979. The van der Waals surface area contributed by atoms with E-state index >= 15 is 0 Å². The van der Waals surface area contributed by atoms with Gasteiger partial charge in [0.25, 0.3) is 0 Å². The van der Waals surface area contributed by atoms with Gasteiger partial charge in [-0.25, -0.2) is 4.68 Å². The van der Waals surface area contributed by atoms with Gasteiger partial charge in [-0.05, 0) is 24.3 Å². The number of aromatic nitrogens is 3. The van der Waals surface area contributed by atoms with Gasteiger partial charge < -0.3 is 10.1 Å². The van der Waals surface area contributed by atoms with Crippen molar-refractivity contribution in [1.82, 2.24) is 25.0 Å². The molecule has 0 unspecified atom stereocenters. The van der Waals surface area contributed by atoms with Crippen molar-refractivity contribution in [2.75, 3.05) is 39.4 Å². The average molecular weight is 403 g/mol. The Kier molecular flexibility index (Phi) is 6.64. The second-order valence-corrected chi connectivity index (χ2v) is 7.02. The molecule has 1 aliphatic rings. The van der Waals surface area contributed by atoms with Crippen molar-refractivity contribution in [3.05, 3.63) is 72.7 Å². The molecule has 0 spiro atoms. The van der Waals surface area contributed by atoms with Gasteiger partial charge in [0.05, 0.1) is 36.5 Å². The summed E-state index contributed by atoms with van der Waals surface area (Å²) in [6, 6.07) is 15.7. The van der Waals surface area contributed by atoms with Crippen molar-refractivity contribution in [3.63, 3.8) is 0 Å². The number of amides is 1. The molecule has 4 rings (SSSR count). The van der Waals surface area contributed by atoms with Crippen LogP contribution in [0.1, 0.15) is 5.69 Å². The molecule has 154 valence electrons. The van der Waals surface area contributed by atoms with Gasteiger partial charge in [-0.3, -0.25) is 14.7 Å². The first-order valence-electron chi connectivity index (χ1n) is 10.1. The van der Waals surface area contributed by atoms with E-state index in [4.69, 9.17) is 9.84 Å². The fraction of sp³-hybridized carbons (Fsp3) is 0.261. The van der Waals surface area contributed by atoms with Crippen molar-refractivity contribution in [3.8, 4) is 16.9 Å². The number of carbonyl (C=O) groups excluding carboxylic acids is 1. The zero-order valence-corrected chi connectivity index (χ0v) is 16.8. The molecule has 2 aromatic heterocycles. The maximum atomic E-state index is 12.3. The highest BCUT2D eigenvalue weighted by Gasteiger charge is 2.11. The number of hydrogen-bond donors (Lipinski definition) is 1. The van der Waals surface area contributed by atoms with Crippen LogP contribution in [0.5, 0.6) is 0 Å². The molecule has 7 heteroatoms. The van der Waals surface area contributed by atoms with Gasteiger partial charge in [-0.15, -0.1) is 0 Å². The predicted molar refractivity (Wildman–Crippen MR) is 116 cm³/mol. The lowest BCUT2D eigenvalue weighted by atomic mass is 10.1. The highest BCUT2D eigenvalue weighted by molar-refractivity contribution is 5.91. The van der Waals surface area contributed by atoms with Crippen LogP contribution < -0.4 is 5.32 Å². The minimum Gasteiger partial charge on any atom is -0.379 e. The number of benzene rings is 1. The van der Waals surface area contributed by atoms with Gasteiger partial charge >= 0.3 is 0 Å². The Balaban J connectivity index is 1.46.